The number of imidazole rings is 1. The van der Waals surface area contributed by atoms with E-state index in [1.807, 2.05) is 66.7 Å². The molecule has 7 heteroatoms. The van der Waals surface area contributed by atoms with Crippen molar-refractivity contribution in [2.75, 3.05) is 12.0 Å². The van der Waals surface area contributed by atoms with Crippen molar-refractivity contribution in [3.63, 3.8) is 0 Å². The van der Waals surface area contributed by atoms with Crippen molar-refractivity contribution < 1.29 is 9.59 Å². The molecule has 2 amide bonds. The minimum atomic E-state index is -0.598. The number of carbonyl (C=O) groups is 2. The second kappa shape index (κ2) is 10.4. The van der Waals surface area contributed by atoms with E-state index >= 15 is 0 Å². The first kappa shape index (κ1) is 23.2. The summed E-state index contributed by atoms with van der Waals surface area (Å²) < 4.78 is 0. The molecule has 0 unspecified atom stereocenters. The van der Waals surface area contributed by atoms with Gasteiger partial charge in [0.25, 0.3) is 5.91 Å². The van der Waals surface area contributed by atoms with Crippen LogP contribution in [-0.4, -0.2) is 44.7 Å². The van der Waals surface area contributed by atoms with Crippen molar-refractivity contribution >= 4 is 34.6 Å². The van der Waals surface area contributed by atoms with E-state index in [1.54, 1.807) is 28.8 Å². The Balaban J connectivity index is 1.44. The number of benzene rings is 3. The lowest BCUT2D eigenvalue weighted by Gasteiger charge is -2.36. The largest absolute Gasteiger partial charge is 0.344 e. The number of fused-ring (bicyclic) bond motifs is 2. The fourth-order valence-electron chi connectivity index (χ4n) is 4.64. The summed E-state index contributed by atoms with van der Waals surface area (Å²) in [4.78, 5) is 37.1. The molecular formula is C28H28N4O2S. The molecule has 4 aromatic rings. The molecule has 0 fully saturated rings. The molecule has 0 bridgehead atoms. The zero-order chi connectivity index (χ0) is 24.2. The molecule has 0 spiro atoms. The summed E-state index contributed by atoms with van der Waals surface area (Å²) in [5.74, 6) is 1.33. The van der Waals surface area contributed by atoms with Gasteiger partial charge in [0, 0.05) is 18.5 Å². The number of carbonyl (C=O) groups excluding carboxylic acids is 2. The normalized spacial score (nSPS) is 16.0. The number of thioether (sulfide) groups is 1. The van der Waals surface area contributed by atoms with Gasteiger partial charge in [0.05, 0.1) is 17.1 Å². The third-order valence-corrected chi connectivity index (χ3v) is 7.14. The van der Waals surface area contributed by atoms with Crippen LogP contribution in [0.15, 0.2) is 78.9 Å². The van der Waals surface area contributed by atoms with Crippen molar-refractivity contribution in [3.8, 4) is 0 Å². The molecule has 2 N–H and O–H groups in total. The second-order valence-electron chi connectivity index (χ2n) is 8.77. The monoisotopic (exact) mass is 484 g/mol. The van der Waals surface area contributed by atoms with Crippen LogP contribution >= 0.6 is 11.8 Å². The van der Waals surface area contributed by atoms with Crippen molar-refractivity contribution in [1.82, 2.24) is 20.2 Å². The molecule has 3 aromatic carbocycles. The number of aromatic amines is 1. The zero-order valence-corrected chi connectivity index (χ0v) is 20.4. The Kier molecular flexibility index (Phi) is 6.86. The van der Waals surface area contributed by atoms with Crippen molar-refractivity contribution in [1.29, 1.82) is 0 Å². The van der Waals surface area contributed by atoms with Gasteiger partial charge in [0.1, 0.15) is 11.9 Å². The maximum Gasteiger partial charge on any atom is 0.254 e. The van der Waals surface area contributed by atoms with Crippen LogP contribution in [0.25, 0.3) is 11.0 Å². The summed E-state index contributed by atoms with van der Waals surface area (Å²) in [6.07, 6.45) is 3.27. The lowest BCUT2D eigenvalue weighted by Crippen LogP contribution is -2.53. The van der Waals surface area contributed by atoms with E-state index in [4.69, 9.17) is 4.98 Å². The Hall–Kier alpha value is -3.58. The lowest BCUT2D eigenvalue weighted by atomic mass is 9.92. The van der Waals surface area contributed by atoms with E-state index in [1.165, 1.54) is 0 Å². The van der Waals surface area contributed by atoms with Gasteiger partial charge in [-0.3, -0.25) is 9.59 Å². The SMILES string of the molecule is CSCC[C@H](NC(=O)[C@H]1Cc2ccccc2CN1C(=O)c1ccccc1)c1nc2ccccc2[nH]1. The van der Waals surface area contributed by atoms with Crippen LogP contribution in [0.3, 0.4) is 0 Å². The van der Waals surface area contributed by atoms with E-state index in [9.17, 15) is 9.59 Å². The van der Waals surface area contributed by atoms with Gasteiger partial charge in [-0.05, 0) is 53.8 Å². The van der Waals surface area contributed by atoms with E-state index in [0.29, 0.717) is 18.5 Å². The Morgan fingerprint density at radius 3 is 2.51 bits per heavy atom. The number of para-hydroxylation sites is 2. The van der Waals surface area contributed by atoms with Gasteiger partial charge in [0.2, 0.25) is 5.91 Å². The molecule has 1 aromatic heterocycles. The first-order valence-corrected chi connectivity index (χ1v) is 13.2. The number of rotatable bonds is 7. The Morgan fingerprint density at radius 1 is 1.03 bits per heavy atom. The van der Waals surface area contributed by atoms with Crippen molar-refractivity contribution in [2.45, 2.75) is 31.5 Å². The molecule has 0 aliphatic carbocycles. The fourth-order valence-corrected chi connectivity index (χ4v) is 5.11. The molecule has 0 saturated heterocycles. The highest BCUT2D eigenvalue weighted by atomic mass is 32.2. The van der Waals surface area contributed by atoms with Gasteiger partial charge >= 0.3 is 0 Å². The molecule has 35 heavy (non-hydrogen) atoms. The molecule has 2 heterocycles. The Morgan fingerprint density at radius 2 is 1.74 bits per heavy atom. The highest BCUT2D eigenvalue weighted by molar-refractivity contribution is 7.98. The molecule has 1 aliphatic heterocycles. The van der Waals surface area contributed by atoms with E-state index in [0.717, 1.165) is 40.2 Å². The summed E-state index contributed by atoms with van der Waals surface area (Å²) in [6, 6.07) is 24.2. The van der Waals surface area contributed by atoms with Gasteiger partial charge in [-0.1, -0.05) is 54.6 Å². The summed E-state index contributed by atoms with van der Waals surface area (Å²) in [6.45, 7) is 0.405. The smallest absolute Gasteiger partial charge is 0.254 e. The molecule has 0 radical (unpaired) electrons. The predicted molar refractivity (Wildman–Crippen MR) is 140 cm³/mol. The minimum absolute atomic E-state index is 0.135. The quantitative estimate of drug-likeness (QED) is 0.397. The number of hydrogen-bond acceptors (Lipinski definition) is 4. The van der Waals surface area contributed by atoms with Crippen LogP contribution in [-0.2, 0) is 17.8 Å². The van der Waals surface area contributed by atoms with Crippen LogP contribution in [0.2, 0.25) is 0 Å². The fraction of sp³-hybridized carbons (Fsp3) is 0.250. The van der Waals surface area contributed by atoms with Crippen molar-refractivity contribution in [3.05, 3.63) is 101 Å². The van der Waals surface area contributed by atoms with E-state index in [2.05, 4.69) is 16.6 Å². The zero-order valence-electron chi connectivity index (χ0n) is 19.6. The summed E-state index contributed by atoms with van der Waals surface area (Å²) in [5, 5.41) is 3.23. The topological polar surface area (TPSA) is 78.1 Å². The predicted octanol–water partition coefficient (Wildman–Crippen LogP) is 4.74. The van der Waals surface area contributed by atoms with Gasteiger partial charge in [-0.15, -0.1) is 0 Å². The van der Waals surface area contributed by atoms with Crippen LogP contribution in [0.4, 0.5) is 0 Å². The standard InChI is InChI=1S/C28H28N4O2S/c1-35-16-15-24(26-29-22-13-7-8-14-23(22)30-26)31-27(33)25-17-20-11-5-6-12-21(20)18-32(25)28(34)19-9-3-2-4-10-19/h2-14,24-25H,15-18H2,1H3,(H,29,30)(H,31,33)/t24-,25+/m0/s1. The first-order chi connectivity index (χ1) is 17.1. The van der Waals surface area contributed by atoms with Gasteiger partial charge in [0.15, 0.2) is 0 Å². The highest BCUT2D eigenvalue weighted by Crippen LogP contribution is 2.27. The number of amides is 2. The van der Waals surface area contributed by atoms with Crippen LogP contribution in [0, 0.1) is 0 Å². The second-order valence-corrected chi connectivity index (χ2v) is 9.76. The first-order valence-electron chi connectivity index (χ1n) is 11.8. The number of aromatic nitrogens is 2. The van der Waals surface area contributed by atoms with Crippen LogP contribution < -0.4 is 5.32 Å². The number of nitrogens with zero attached hydrogens (tertiary/aromatic N) is 2. The molecule has 5 rings (SSSR count). The molecular weight excluding hydrogens is 456 g/mol. The van der Waals surface area contributed by atoms with Crippen LogP contribution in [0.5, 0.6) is 0 Å². The summed E-state index contributed by atoms with van der Waals surface area (Å²) in [7, 11) is 0. The third kappa shape index (κ3) is 4.95. The third-order valence-electron chi connectivity index (χ3n) is 6.50. The molecule has 1 aliphatic rings. The van der Waals surface area contributed by atoms with Gasteiger partial charge in [-0.25, -0.2) is 4.98 Å². The van der Waals surface area contributed by atoms with E-state index < -0.39 is 6.04 Å². The summed E-state index contributed by atoms with van der Waals surface area (Å²) in [5.41, 5.74) is 4.59. The number of hydrogen-bond donors (Lipinski definition) is 2. The highest BCUT2D eigenvalue weighted by Gasteiger charge is 2.36. The average Bonchev–Trinajstić information content (AvgIpc) is 3.34. The Labute approximate surface area is 209 Å². The molecule has 2 atom stereocenters. The van der Waals surface area contributed by atoms with Crippen LogP contribution in [0.1, 0.15) is 39.8 Å². The van der Waals surface area contributed by atoms with E-state index in [-0.39, 0.29) is 17.9 Å². The van der Waals surface area contributed by atoms with Gasteiger partial charge < -0.3 is 15.2 Å². The molecule has 178 valence electrons. The minimum Gasteiger partial charge on any atom is -0.344 e. The molecule has 6 nitrogen and oxygen atoms in total. The average molecular weight is 485 g/mol. The maximum atomic E-state index is 13.8. The molecule has 0 saturated carbocycles. The van der Waals surface area contributed by atoms with Crippen molar-refractivity contribution in [2.24, 2.45) is 0 Å². The number of H-pyrrole nitrogens is 1. The maximum absolute atomic E-state index is 13.8. The number of nitrogens with one attached hydrogen (secondary N) is 2. The van der Waals surface area contributed by atoms with Gasteiger partial charge in [-0.2, -0.15) is 11.8 Å². The summed E-state index contributed by atoms with van der Waals surface area (Å²) >= 11 is 1.73. The Bertz CT molecular complexity index is 1300. The lowest BCUT2D eigenvalue weighted by molar-refractivity contribution is -0.127.